The monoisotopic (exact) mass is 231 g/mol. The van der Waals surface area contributed by atoms with Gasteiger partial charge in [-0.15, -0.1) is 0 Å². The Morgan fingerprint density at radius 1 is 1.47 bits per heavy atom. The summed E-state index contributed by atoms with van der Waals surface area (Å²) in [5, 5.41) is 3.77. The second-order valence-electron chi connectivity index (χ2n) is 4.47. The summed E-state index contributed by atoms with van der Waals surface area (Å²) < 4.78 is 4.56. The molecule has 2 aromatic rings. The van der Waals surface area contributed by atoms with Crippen LogP contribution >= 0.6 is 0 Å². The number of nitrogens with zero attached hydrogens (tertiary/aromatic N) is 1. The maximum atomic E-state index is 11.0. The summed E-state index contributed by atoms with van der Waals surface area (Å²) in [7, 11) is 0. The van der Waals surface area contributed by atoms with Crippen molar-refractivity contribution in [3.8, 4) is 0 Å². The Morgan fingerprint density at radius 2 is 2.24 bits per heavy atom. The van der Waals surface area contributed by atoms with Crippen LogP contribution in [0.15, 0.2) is 39.6 Å². The highest BCUT2D eigenvalue weighted by Crippen LogP contribution is 2.58. The van der Waals surface area contributed by atoms with Crippen LogP contribution in [-0.4, -0.2) is 16.7 Å². The fraction of sp³-hybridized carbons (Fsp3) is 0.333. The van der Waals surface area contributed by atoms with Crippen molar-refractivity contribution in [2.45, 2.75) is 17.8 Å². The van der Waals surface area contributed by atoms with Gasteiger partial charge in [-0.25, -0.2) is 4.79 Å². The molecule has 0 amide bonds. The van der Waals surface area contributed by atoms with Crippen molar-refractivity contribution in [1.29, 1.82) is 0 Å². The maximum absolute atomic E-state index is 11.0. The number of hydrogen-bond acceptors (Lipinski definition) is 4. The average Bonchev–Trinajstić information content (AvgIpc) is 2.98. The van der Waals surface area contributed by atoms with E-state index in [0.29, 0.717) is 18.3 Å². The number of rotatable bonds is 3. The first-order chi connectivity index (χ1) is 8.26. The summed E-state index contributed by atoms with van der Waals surface area (Å²) in [6.07, 6.45) is 0.899. The van der Waals surface area contributed by atoms with Gasteiger partial charge >= 0.3 is 5.76 Å². The molecule has 88 valence electrons. The van der Waals surface area contributed by atoms with Crippen LogP contribution in [0.25, 0.3) is 0 Å². The fourth-order valence-corrected chi connectivity index (χ4v) is 2.46. The van der Waals surface area contributed by atoms with Gasteiger partial charge in [-0.2, -0.15) is 0 Å². The molecule has 1 heterocycles. The number of benzene rings is 1. The number of nitrogens with two attached hydrogens (primary N) is 1. The van der Waals surface area contributed by atoms with E-state index < -0.39 is 5.76 Å². The Bertz CT molecular complexity index is 575. The molecular weight excluding hydrogens is 218 g/mol. The second-order valence-corrected chi connectivity index (χ2v) is 4.47. The van der Waals surface area contributed by atoms with Gasteiger partial charge < -0.3 is 5.73 Å². The molecular formula is C12H13N3O2. The van der Waals surface area contributed by atoms with Crippen molar-refractivity contribution in [1.82, 2.24) is 10.1 Å². The van der Waals surface area contributed by atoms with E-state index in [2.05, 4.69) is 26.8 Å². The molecule has 5 heteroatoms. The highest BCUT2D eigenvalue weighted by molar-refractivity contribution is 5.37. The van der Waals surface area contributed by atoms with Crippen LogP contribution < -0.4 is 11.5 Å². The first-order valence-electron chi connectivity index (χ1n) is 5.58. The minimum Gasteiger partial charge on any atom is -0.329 e. The quantitative estimate of drug-likeness (QED) is 0.816. The van der Waals surface area contributed by atoms with Crippen molar-refractivity contribution < 1.29 is 4.52 Å². The number of nitrogens with one attached hydrogen (secondary N) is 1. The van der Waals surface area contributed by atoms with Gasteiger partial charge in [-0.1, -0.05) is 35.5 Å². The van der Waals surface area contributed by atoms with Crippen LogP contribution in [0.1, 0.15) is 23.7 Å². The third-order valence-electron chi connectivity index (χ3n) is 3.55. The zero-order chi connectivity index (χ0) is 11.9. The molecule has 5 nitrogen and oxygen atoms in total. The number of H-pyrrole nitrogens is 1. The van der Waals surface area contributed by atoms with Gasteiger partial charge in [0, 0.05) is 6.54 Å². The van der Waals surface area contributed by atoms with E-state index in [0.717, 1.165) is 6.42 Å². The molecule has 3 N–H and O–H groups in total. The normalized spacial score (nSPS) is 27.0. The Morgan fingerprint density at radius 3 is 2.82 bits per heavy atom. The topological polar surface area (TPSA) is 84.9 Å². The Labute approximate surface area is 97.6 Å². The Balaban J connectivity index is 1.96. The zero-order valence-electron chi connectivity index (χ0n) is 9.22. The number of aromatic amines is 1. The van der Waals surface area contributed by atoms with Crippen LogP contribution in [0.5, 0.6) is 0 Å². The van der Waals surface area contributed by atoms with E-state index in [9.17, 15) is 4.79 Å². The van der Waals surface area contributed by atoms with E-state index in [-0.39, 0.29) is 5.41 Å². The van der Waals surface area contributed by atoms with Crippen molar-refractivity contribution in [3.63, 3.8) is 0 Å². The van der Waals surface area contributed by atoms with E-state index in [1.54, 1.807) is 0 Å². The van der Waals surface area contributed by atoms with Gasteiger partial charge in [0.15, 0.2) is 5.82 Å². The largest absolute Gasteiger partial charge is 0.438 e. The second kappa shape index (κ2) is 3.56. The molecule has 0 aliphatic heterocycles. The minimum absolute atomic E-state index is 0.256. The van der Waals surface area contributed by atoms with Gasteiger partial charge in [0.1, 0.15) is 0 Å². The van der Waals surface area contributed by atoms with Crippen LogP contribution in [0, 0.1) is 0 Å². The SMILES string of the molecule is NCC1(c2noc(=O)[nH]2)CC1c1ccccc1. The van der Waals surface area contributed by atoms with Crippen molar-refractivity contribution >= 4 is 0 Å². The first kappa shape index (κ1) is 10.3. The molecule has 2 unspecified atom stereocenters. The Kier molecular flexibility index (Phi) is 2.16. The Hall–Kier alpha value is -1.88. The van der Waals surface area contributed by atoms with Crippen LogP contribution in [-0.2, 0) is 5.41 Å². The van der Waals surface area contributed by atoms with Gasteiger partial charge in [-0.05, 0) is 17.9 Å². The third kappa shape index (κ3) is 1.51. The summed E-state index contributed by atoms with van der Waals surface area (Å²) in [4.78, 5) is 13.6. The predicted molar refractivity (Wildman–Crippen MR) is 61.7 cm³/mol. The lowest BCUT2D eigenvalue weighted by atomic mass is 9.98. The third-order valence-corrected chi connectivity index (χ3v) is 3.55. The molecule has 1 aliphatic carbocycles. The summed E-state index contributed by atoms with van der Waals surface area (Å²) in [6, 6.07) is 10.1. The molecule has 1 fully saturated rings. The van der Waals surface area contributed by atoms with Crippen LogP contribution in [0.2, 0.25) is 0 Å². The van der Waals surface area contributed by atoms with Crippen molar-refractivity contribution in [2.75, 3.05) is 6.54 Å². The lowest BCUT2D eigenvalue weighted by Crippen LogP contribution is -2.24. The number of hydrogen-bond donors (Lipinski definition) is 2. The van der Waals surface area contributed by atoms with Gasteiger partial charge in [0.25, 0.3) is 0 Å². The van der Waals surface area contributed by atoms with Crippen LogP contribution in [0.3, 0.4) is 0 Å². The van der Waals surface area contributed by atoms with E-state index in [1.807, 2.05) is 18.2 Å². The molecule has 0 spiro atoms. The van der Waals surface area contributed by atoms with Crippen molar-refractivity contribution in [3.05, 3.63) is 52.3 Å². The van der Waals surface area contributed by atoms with Gasteiger partial charge in [0.05, 0.1) is 5.41 Å². The van der Waals surface area contributed by atoms with Gasteiger partial charge in [0.2, 0.25) is 0 Å². The maximum Gasteiger partial charge on any atom is 0.438 e. The highest BCUT2D eigenvalue weighted by atomic mass is 16.5. The van der Waals surface area contributed by atoms with E-state index >= 15 is 0 Å². The summed E-state index contributed by atoms with van der Waals surface area (Å²) in [6.45, 7) is 0.453. The number of aromatic nitrogens is 2. The van der Waals surface area contributed by atoms with Crippen LogP contribution in [0.4, 0.5) is 0 Å². The fourth-order valence-electron chi connectivity index (χ4n) is 2.46. The first-order valence-corrected chi connectivity index (χ1v) is 5.58. The molecule has 1 aliphatic rings. The van der Waals surface area contributed by atoms with Crippen molar-refractivity contribution in [2.24, 2.45) is 5.73 Å². The zero-order valence-corrected chi connectivity index (χ0v) is 9.22. The summed E-state index contributed by atoms with van der Waals surface area (Å²) >= 11 is 0. The highest BCUT2D eigenvalue weighted by Gasteiger charge is 2.57. The standard InChI is InChI=1S/C12H13N3O2/c13-7-12(10-14-11(16)17-15-10)6-9(12)8-4-2-1-3-5-8/h1-5,9H,6-7,13H2,(H,14,15,16). The lowest BCUT2D eigenvalue weighted by Gasteiger charge is -2.10. The van der Waals surface area contributed by atoms with E-state index in [4.69, 9.17) is 5.73 Å². The molecule has 0 radical (unpaired) electrons. The molecule has 1 saturated carbocycles. The summed E-state index contributed by atoms with van der Waals surface area (Å²) in [5.74, 6) is 0.361. The smallest absolute Gasteiger partial charge is 0.329 e. The minimum atomic E-state index is -0.522. The molecule has 2 atom stereocenters. The van der Waals surface area contributed by atoms with Gasteiger partial charge in [-0.3, -0.25) is 9.51 Å². The molecule has 0 saturated heterocycles. The molecule has 1 aromatic carbocycles. The molecule has 17 heavy (non-hydrogen) atoms. The lowest BCUT2D eigenvalue weighted by molar-refractivity contribution is 0.375. The molecule has 3 rings (SSSR count). The average molecular weight is 231 g/mol. The predicted octanol–water partition coefficient (Wildman–Crippen LogP) is 0.747. The summed E-state index contributed by atoms with van der Waals surface area (Å²) in [5.41, 5.74) is 6.80. The molecule has 0 bridgehead atoms. The molecule has 1 aromatic heterocycles. The van der Waals surface area contributed by atoms with E-state index in [1.165, 1.54) is 5.56 Å².